The van der Waals surface area contributed by atoms with Crippen molar-refractivity contribution in [3.05, 3.63) is 12.4 Å². The van der Waals surface area contributed by atoms with Crippen molar-refractivity contribution >= 4 is 16.1 Å². The lowest BCUT2D eigenvalue weighted by atomic mass is 10.4. The molecule has 0 atom stereocenters. The van der Waals surface area contributed by atoms with Crippen LogP contribution in [0, 0.1) is 0 Å². The molecule has 1 N–H and O–H groups in total. The first-order valence-electron chi connectivity index (χ1n) is 6.96. The number of hydrogen-bond acceptors (Lipinski definition) is 4. The molecular formula is C12H21N5O3S. The summed E-state index contributed by atoms with van der Waals surface area (Å²) in [5.74, 6) is 0. The summed E-state index contributed by atoms with van der Waals surface area (Å²) >= 11 is 0. The summed E-state index contributed by atoms with van der Waals surface area (Å²) in [6.07, 6.45) is 3.46. The number of carbonyl (C=O) groups excluding carboxylic acids is 1. The number of nitrogens with one attached hydrogen (secondary N) is 1. The topological polar surface area (TPSA) is 87.5 Å². The van der Waals surface area contributed by atoms with Gasteiger partial charge in [-0.05, 0) is 13.3 Å². The van der Waals surface area contributed by atoms with Gasteiger partial charge in [0.1, 0.15) is 4.90 Å². The third kappa shape index (κ3) is 3.53. The Kier molecular flexibility index (Phi) is 4.84. The van der Waals surface area contributed by atoms with Crippen LogP contribution in [0.4, 0.5) is 4.79 Å². The maximum Gasteiger partial charge on any atom is 0.317 e. The Hall–Kier alpha value is -1.61. The van der Waals surface area contributed by atoms with E-state index in [1.54, 1.807) is 11.9 Å². The summed E-state index contributed by atoms with van der Waals surface area (Å²) < 4.78 is 27.9. The van der Waals surface area contributed by atoms with Crippen LogP contribution in [-0.2, 0) is 17.1 Å². The molecule has 1 aliphatic heterocycles. The molecule has 0 spiro atoms. The zero-order valence-electron chi connectivity index (χ0n) is 12.3. The van der Waals surface area contributed by atoms with E-state index in [-0.39, 0.29) is 10.9 Å². The molecule has 118 valence electrons. The Bertz CT molecular complexity index is 598. The lowest BCUT2D eigenvalue weighted by Crippen LogP contribution is -2.42. The van der Waals surface area contributed by atoms with E-state index in [4.69, 9.17) is 0 Å². The van der Waals surface area contributed by atoms with Gasteiger partial charge in [-0.1, -0.05) is 0 Å². The van der Waals surface area contributed by atoms with Gasteiger partial charge in [0.2, 0.25) is 10.0 Å². The van der Waals surface area contributed by atoms with Crippen molar-refractivity contribution < 1.29 is 13.2 Å². The third-order valence-electron chi connectivity index (χ3n) is 3.39. The smallest absolute Gasteiger partial charge is 0.317 e. The summed E-state index contributed by atoms with van der Waals surface area (Å²) in [4.78, 5) is 13.7. The third-order valence-corrected chi connectivity index (χ3v) is 5.24. The average molecular weight is 315 g/mol. The van der Waals surface area contributed by atoms with E-state index in [1.807, 2.05) is 6.92 Å². The number of sulfonamides is 1. The van der Waals surface area contributed by atoms with E-state index in [9.17, 15) is 13.2 Å². The van der Waals surface area contributed by atoms with Crippen LogP contribution in [0.2, 0.25) is 0 Å². The van der Waals surface area contributed by atoms with E-state index >= 15 is 0 Å². The Labute approximate surface area is 124 Å². The van der Waals surface area contributed by atoms with Gasteiger partial charge in [0, 0.05) is 46.0 Å². The van der Waals surface area contributed by atoms with Gasteiger partial charge in [-0.2, -0.15) is 9.40 Å². The van der Waals surface area contributed by atoms with Gasteiger partial charge in [0.05, 0.1) is 6.20 Å². The quantitative estimate of drug-likeness (QED) is 0.840. The second-order valence-electron chi connectivity index (χ2n) is 4.93. The number of rotatable bonds is 3. The second kappa shape index (κ2) is 6.44. The molecule has 0 bridgehead atoms. The molecule has 1 aromatic heterocycles. The number of hydrogen-bond donors (Lipinski definition) is 1. The van der Waals surface area contributed by atoms with E-state index < -0.39 is 10.0 Å². The molecule has 21 heavy (non-hydrogen) atoms. The predicted molar refractivity (Wildman–Crippen MR) is 77.2 cm³/mol. The first kappa shape index (κ1) is 15.8. The molecule has 1 aromatic rings. The molecule has 1 fully saturated rings. The summed E-state index contributed by atoms with van der Waals surface area (Å²) in [7, 11) is -1.86. The summed E-state index contributed by atoms with van der Waals surface area (Å²) in [6, 6.07) is -0.141. The molecule has 1 aliphatic rings. The maximum absolute atomic E-state index is 12.5. The van der Waals surface area contributed by atoms with Gasteiger partial charge in [0.15, 0.2) is 0 Å². The van der Waals surface area contributed by atoms with Crippen LogP contribution >= 0.6 is 0 Å². The zero-order valence-corrected chi connectivity index (χ0v) is 13.1. The average Bonchev–Trinajstić information content (AvgIpc) is 2.74. The van der Waals surface area contributed by atoms with Crippen molar-refractivity contribution in [2.24, 2.45) is 7.05 Å². The SMILES string of the molecule is CCNC(=O)N1CCCN(S(=O)(=O)c2cnn(C)c2)CC1. The van der Waals surface area contributed by atoms with Gasteiger partial charge in [-0.3, -0.25) is 4.68 Å². The standard InChI is InChI=1S/C12H21N5O3S/c1-3-13-12(18)16-5-4-6-17(8-7-16)21(19,20)11-9-14-15(2)10-11/h9-10H,3-8H2,1-2H3,(H,13,18). The lowest BCUT2D eigenvalue weighted by molar-refractivity contribution is 0.201. The molecule has 9 heteroatoms. The van der Waals surface area contributed by atoms with Crippen LogP contribution in [0.5, 0.6) is 0 Å². The van der Waals surface area contributed by atoms with Crippen LogP contribution in [0.15, 0.2) is 17.3 Å². The maximum atomic E-state index is 12.5. The van der Waals surface area contributed by atoms with Gasteiger partial charge in [-0.15, -0.1) is 0 Å². The van der Waals surface area contributed by atoms with Crippen LogP contribution in [0.25, 0.3) is 0 Å². The minimum absolute atomic E-state index is 0.141. The van der Waals surface area contributed by atoms with E-state index in [0.29, 0.717) is 39.1 Å². The van der Waals surface area contributed by atoms with Crippen molar-refractivity contribution in [2.45, 2.75) is 18.2 Å². The highest BCUT2D eigenvalue weighted by atomic mass is 32.2. The van der Waals surface area contributed by atoms with Crippen LogP contribution in [0.1, 0.15) is 13.3 Å². The first-order chi connectivity index (χ1) is 9.95. The molecule has 8 nitrogen and oxygen atoms in total. The van der Waals surface area contributed by atoms with Crippen LogP contribution in [0.3, 0.4) is 0 Å². The molecule has 0 radical (unpaired) electrons. The van der Waals surface area contributed by atoms with Crippen molar-refractivity contribution in [2.75, 3.05) is 32.7 Å². The first-order valence-corrected chi connectivity index (χ1v) is 8.40. The fourth-order valence-electron chi connectivity index (χ4n) is 2.28. The second-order valence-corrected chi connectivity index (χ2v) is 6.87. The summed E-state index contributed by atoms with van der Waals surface area (Å²) in [5, 5.41) is 6.64. The van der Waals surface area contributed by atoms with Gasteiger partial charge in [-0.25, -0.2) is 13.2 Å². The van der Waals surface area contributed by atoms with Crippen molar-refractivity contribution in [3.63, 3.8) is 0 Å². The Morgan fingerprint density at radius 2 is 2.10 bits per heavy atom. The number of nitrogens with zero attached hydrogens (tertiary/aromatic N) is 4. The molecule has 2 heterocycles. The molecule has 1 saturated heterocycles. The van der Waals surface area contributed by atoms with Gasteiger partial charge in [0.25, 0.3) is 0 Å². The van der Waals surface area contributed by atoms with Crippen LogP contribution in [-0.4, -0.2) is 66.2 Å². The van der Waals surface area contributed by atoms with E-state index in [0.717, 1.165) is 0 Å². The molecule has 0 saturated carbocycles. The predicted octanol–water partition coefficient (Wildman–Crippen LogP) is -0.154. The Morgan fingerprint density at radius 3 is 2.71 bits per heavy atom. The lowest BCUT2D eigenvalue weighted by Gasteiger charge is -2.21. The Morgan fingerprint density at radius 1 is 1.33 bits per heavy atom. The highest BCUT2D eigenvalue weighted by Crippen LogP contribution is 2.16. The highest BCUT2D eigenvalue weighted by molar-refractivity contribution is 7.89. The van der Waals surface area contributed by atoms with Crippen molar-refractivity contribution in [3.8, 4) is 0 Å². The van der Waals surface area contributed by atoms with Crippen molar-refractivity contribution in [1.82, 2.24) is 24.3 Å². The monoisotopic (exact) mass is 315 g/mol. The van der Waals surface area contributed by atoms with Gasteiger partial charge < -0.3 is 10.2 Å². The zero-order chi connectivity index (χ0) is 15.5. The minimum Gasteiger partial charge on any atom is -0.338 e. The molecule has 0 aromatic carbocycles. The van der Waals surface area contributed by atoms with E-state index in [1.165, 1.54) is 21.4 Å². The number of aromatic nitrogens is 2. The van der Waals surface area contributed by atoms with Crippen LogP contribution < -0.4 is 5.32 Å². The fourth-order valence-corrected chi connectivity index (χ4v) is 3.74. The molecule has 0 unspecified atom stereocenters. The molecule has 0 aliphatic carbocycles. The number of urea groups is 1. The fraction of sp³-hybridized carbons (Fsp3) is 0.667. The summed E-state index contributed by atoms with van der Waals surface area (Å²) in [6.45, 7) is 4.08. The number of amides is 2. The van der Waals surface area contributed by atoms with E-state index in [2.05, 4.69) is 10.4 Å². The Balaban J connectivity index is 2.07. The highest BCUT2D eigenvalue weighted by Gasteiger charge is 2.28. The largest absolute Gasteiger partial charge is 0.338 e. The minimum atomic E-state index is -3.53. The van der Waals surface area contributed by atoms with Crippen molar-refractivity contribution in [1.29, 1.82) is 0 Å². The molecule has 2 amide bonds. The summed E-state index contributed by atoms with van der Waals surface area (Å²) in [5.41, 5.74) is 0. The van der Waals surface area contributed by atoms with Gasteiger partial charge >= 0.3 is 6.03 Å². The number of aryl methyl sites for hydroxylation is 1. The normalized spacial score (nSPS) is 17.5. The molecule has 2 rings (SSSR count). The molecular weight excluding hydrogens is 294 g/mol. The number of carbonyl (C=O) groups is 1.